The van der Waals surface area contributed by atoms with Crippen molar-refractivity contribution in [1.82, 2.24) is 14.5 Å². The van der Waals surface area contributed by atoms with Crippen LogP contribution in [0, 0.1) is 0 Å². The zero-order chi connectivity index (χ0) is 16.8. The second kappa shape index (κ2) is 7.52. The lowest BCUT2D eigenvalue weighted by atomic mass is 10.2. The largest absolute Gasteiger partial charge is 0.396 e. The fourth-order valence-electron chi connectivity index (χ4n) is 2.45. The first-order valence-corrected chi connectivity index (χ1v) is 7.67. The number of pyridine rings is 2. The van der Waals surface area contributed by atoms with Gasteiger partial charge in [0.2, 0.25) is 0 Å². The van der Waals surface area contributed by atoms with Crippen LogP contribution in [-0.4, -0.2) is 32.2 Å². The minimum Gasteiger partial charge on any atom is -0.396 e. The van der Waals surface area contributed by atoms with Crippen LogP contribution in [0.3, 0.4) is 0 Å². The summed E-state index contributed by atoms with van der Waals surface area (Å²) in [5, 5.41) is 11.8. The Morgan fingerprint density at radius 2 is 1.92 bits per heavy atom. The minimum absolute atomic E-state index is 0.0617. The van der Waals surface area contributed by atoms with Crippen LogP contribution in [0.1, 0.15) is 21.6 Å². The van der Waals surface area contributed by atoms with E-state index in [2.05, 4.69) is 15.3 Å². The Morgan fingerprint density at radius 3 is 2.71 bits per heavy atom. The zero-order valence-corrected chi connectivity index (χ0v) is 13.1. The quantitative estimate of drug-likeness (QED) is 0.728. The van der Waals surface area contributed by atoms with Crippen LogP contribution in [0.15, 0.2) is 61.2 Å². The van der Waals surface area contributed by atoms with Crippen molar-refractivity contribution >= 4 is 11.7 Å². The summed E-state index contributed by atoms with van der Waals surface area (Å²) in [6.07, 6.45) is 7.48. The lowest BCUT2D eigenvalue weighted by Gasteiger charge is -2.10. The number of aliphatic hydroxyl groups is 1. The first-order valence-electron chi connectivity index (χ1n) is 7.67. The van der Waals surface area contributed by atoms with E-state index in [-0.39, 0.29) is 12.5 Å². The Balaban J connectivity index is 1.74. The number of nitrogens with one attached hydrogen (secondary N) is 1. The summed E-state index contributed by atoms with van der Waals surface area (Å²) in [6, 6.07) is 11.0. The first kappa shape index (κ1) is 15.9. The summed E-state index contributed by atoms with van der Waals surface area (Å²) >= 11 is 0. The van der Waals surface area contributed by atoms with Gasteiger partial charge in [-0.05, 0) is 53.9 Å². The third-order valence-corrected chi connectivity index (χ3v) is 3.63. The van der Waals surface area contributed by atoms with E-state index in [9.17, 15) is 4.79 Å². The van der Waals surface area contributed by atoms with Gasteiger partial charge in [0.05, 0.1) is 0 Å². The minimum atomic E-state index is -0.220. The molecule has 24 heavy (non-hydrogen) atoms. The van der Waals surface area contributed by atoms with Gasteiger partial charge < -0.3 is 15.0 Å². The van der Waals surface area contributed by atoms with Crippen molar-refractivity contribution in [3.8, 4) is 0 Å². The van der Waals surface area contributed by atoms with Crippen molar-refractivity contribution in [2.75, 3.05) is 11.9 Å². The highest BCUT2D eigenvalue weighted by Crippen LogP contribution is 2.12. The van der Waals surface area contributed by atoms with Crippen LogP contribution < -0.4 is 5.32 Å². The van der Waals surface area contributed by atoms with Crippen molar-refractivity contribution < 1.29 is 9.90 Å². The van der Waals surface area contributed by atoms with Gasteiger partial charge in [0.1, 0.15) is 11.5 Å². The number of anilines is 1. The molecular weight excluding hydrogens is 304 g/mol. The van der Waals surface area contributed by atoms with Crippen LogP contribution in [-0.2, 0) is 13.0 Å². The molecule has 0 aromatic carbocycles. The van der Waals surface area contributed by atoms with Crippen molar-refractivity contribution in [2.24, 2.45) is 0 Å². The predicted octanol–water partition coefficient (Wildman–Crippen LogP) is 2.11. The average molecular weight is 322 g/mol. The van der Waals surface area contributed by atoms with E-state index in [1.807, 2.05) is 35.0 Å². The van der Waals surface area contributed by atoms with E-state index in [0.717, 1.165) is 11.1 Å². The molecular formula is C18H18N4O2. The molecule has 3 aromatic heterocycles. The third kappa shape index (κ3) is 3.85. The fraction of sp³-hybridized carbons (Fsp3) is 0.167. The average Bonchev–Trinajstić information content (AvgIpc) is 3.05. The molecule has 0 fully saturated rings. The number of carbonyl (C=O) groups is 1. The van der Waals surface area contributed by atoms with Crippen molar-refractivity contribution in [2.45, 2.75) is 13.0 Å². The Bertz CT molecular complexity index is 815. The van der Waals surface area contributed by atoms with Crippen molar-refractivity contribution in [1.29, 1.82) is 0 Å². The topological polar surface area (TPSA) is 80.0 Å². The second-order valence-corrected chi connectivity index (χ2v) is 5.35. The van der Waals surface area contributed by atoms with Crippen LogP contribution in [0.2, 0.25) is 0 Å². The van der Waals surface area contributed by atoms with Gasteiger partial charge in [-0.2, -0.15) is 0 Å². The monoisotopic (exact) mass is 322 g/mol. The SMILES string of the molecule is O=C(Nc1cc(CCO)ccn1)c1cccn1Cc1ccncc1. The van der Waals surface area contributed by atoms with Gasteiger partial charge in [-0.25, -0.2) is 4.98 Å². The zero-order valence-electron chi connectivity index (χ0n) is 13.1. The van der Waals surface area contributed by atoms with Gasteiger partial charge in [0.15, 0.2) is 0 Å². The van der Waals surface area contributed by atoms with Gasteiger partial charge in [-0.3, -0.25) is 9.78 Å². The molecule has 0 spiro atoms. The number of aromatic nitrogens is 3. The molecule has 3 heterocycles. The summed E-state index contributed by atoms with van der Waals surface area (Å²) in [4.78, 5) is 20.7. The van der Waals surface area contributed by atoms with Crippen LogP contribution in [0.4, 0.5) is 5.82 Å². The Labute approximate surface area is 139 Å². The number of nitrogens with zero attached hydrogens (tertiary/aromatic N) is 3. The molecule has 0 saturated carbocycles. The molecule has 3 aromatic rings. The van der Waals surface area contributed by atoms with Gasteiger partial charge in [0, 0.05) is 37.9 Å². The van der Waals surface area contributed by atoms with E-state index in [4.69, 9.17) is 5.11 Å². The highest BCUT2D eigenvalue weighted by molar-refractivity contribution is 6.02. The molecule has 0 bridgehead atoms. The molecule has 6 heteroatoms. The summed E-state index contributed by atoms with van der Waals surface area (Å²) < 4.78 is 1.88. The summed E-state index contributed by atoms with van der Waals surface area (Å²) in [6.45, 7) is 0.655. The smallest absolute Gasteiger partial charge is 0.273 e. The first-order chi connectivity index (χ1) is 11.8. The Kier molecular flexibility index (Phi) is 4.98. The van der Waals surface area contributed by atoms with Gasteiger partial charge in [-0.15, -0.1) is 0 Å². The van der Waals surface area contributed by atoms with E-state index in [0.29, 0.717) is 24.5 Å². The number of hydrogen-bond acceptors (Lipinski definition) is 4. The molecule has 6 nitrogen and oxygen atoms in total. The Hall–Kier alpha value is -2.99. The number of aliphatic hydroxyl groups excluding tert-OH is 1. The lowest BCUT2D eigenvalue weighted by molar-refractivity contribution is 0.101. The fourth-order valence-corrected chi connectivity index (χ4v) is 2.45. The maximum atomic E-state index is 12.5. The normalized spacial score (nSPS) is 10.5. The molecule has 3 rings (SSSR count). The molecule has 0 unspecified atom stereocenters. The highest BCUT2D eigenvalue weighted by Gasteiger charge is 2.12. The lowest BCUT2D eigenvalue weighted by Crippen LogP contribution is -2.18. The van der Waals surface area contributed by atoms with Gasteiger partial charge in [-0.1, -0.05) is 0 Å². The van der Waals surface area contributed by atoms with E-state index in [1.54, 1.807) is 30.7 Å². The van der Waals surface area contributed by atoms with Crippen molar-refractivity contribution in [3.63, 3.8) is 0 Å². The maximum Gasteiger partial charge on any atom is 0.273 e. The van der Waals surface area contributed by atoms with Crippen molar-refractivity contribution in [3.05, 3.63) is 78.0 Å². The summed E-state index contributed by atoms with van der Waals surface area (Å²) in [5.74, 6) is 0.255. The maximum absolute atomic E-state index is 12.5. The van der Waals surface area contributed by atoms with Crippen LogP contribution in [0.25, 0.3) is 0 Å². The molecule has 0 radical (unpaired) electrons. The van der Waals surface area contributed by atoms with Crippen LogP contribution in [0.5, 0.6) is 0 Å². The van der Waals surface area contributed by atoms with Gasteiger partial charge in [0.25, 0.3) is 5.91 Å². The third-order valence-electron chi connectivity index (χ3n) is 3.63. The molecule has 122 valence electrons. The molecule has 0 aliphatic carbocycles. The summed E-state index contributed by atoms with van der Waals surface area (Å²) in [7, 11) is 0. The Morgan fingerprint density at radius 1 is 1.12 bits per heavy atom. The number of hydrogen-bond donors (Lipinski definition) is 2. The molecule has 1 amide bonds. The number of carbonyl (C=O) groups excluding carboxylic acids is 1. The standard InChI is InChI=1S/C18H18N4O2/c23-11-6-14-5-9-20-17(12-14)21-18(24)16-2-1-10-22(16)13-15-3-7-19-8-4-15/h1-5,7-10,12,23H,6,11,13H2,(H,20,21,24). The number of amides is 1. The highest BCUT2D eigenvalue weighted by atomic mass is 16.3. The molecule has 0 aliphatic rings. The molecule has 0 aliphatic heterocycles. The van der Waals surface area contributed by atoms with Gasteiger partial charge >= 0.3 is 0 Å². The summed E-state index contributed by atoms with van der Waals surface area (Å²) in [5.41, 5.74) is 2.55. The molecule has 0 atom stereocenters. The predicted molar refractivity (Wildman–Crippen MR) is 90.8 cm³/mol. The molecule has 2 N–H and O–H groups in total. The van der Waals surface area contributed by atoms with E-state index in [1.165, 1.54) is 0 Å². The van der Waals surface area contributed by atoms with Crippen LogP contribution >= 0.6 is 0 Å². The molecule has 0 saturated heterocycles. The van der Waals surface area contributed by atoms with E-state index < -0.39 is 0 Å². The second-order valence-electron chi connectivity index (χ2n) is 5.35. The number of rotatable bonds is 6. The van der Waals surface area contributed by atoms with E-state index >= 15 is 0 Å².